The van der Waals surface area contributed by atoms with E-state index < -0.39 is 63.3 Å². The molecule has 0 heterocycles. The van der Waals surface area contributed by atoms with E-state index in [1.165, 1.54) is 6.07 Å². The van der Waals surface area contributed by atoms with Crippen molar-refractivity contribution in [1.82, 2.24) is 10.0 Å². The number of carbonyl (C=O) groups excluding carboxylic acids is 1. The van der Waals surface area contributed by atoms with Crippen molar-refractivity contribution in [1.29, 1.82) is 0 Å². The van der Waals surface area contributed by atoms with Gasteiger partial charge in [-0.2, -0.15) is 13.2 Å². The van der Waals surface area contributed by atoms with Gasteiger partial charge < -0.3 is 15.5 Å². The molecule has 0 fully saturated rings. The van der Waals surface area contributed by atoms with Crippen molar-refractivity contribution in [3.05, 3.63) is 101 Å². The Morgan fingerprint density at radius 2 is 1.62 bits per heavy atom. The lowest BCUT2D eigenvalue weighted by Gasteiger charge is -2.24. The summed E-state index contributed by atoms with van der Waals surface area (Å²) in [6, 6.07) is 19.5. The summed E-state index contributed by atoms with van der Waals surface area (Å²) in [4.78, 5) is 12.4. The molecule has 0 unspecified atom stereocenters. The first-order valence-electron chi connectivity index (χ1n) is 12.4. The number of alkyl halides is 3. The second-order valence-electron chi connectivity index (χ2n) is 9.58. The molecule has 0 radical (unpaired) electrons. The molecule has 1 aliphatic rings. The number of halogens is 3. The van der Waals surface area contributed by atoms with Gasteiger partial charge in [0.05, 0.1) is 28.7 Å². The zero-order valence-corrected chi connectivity index (χ0v) is 21.6. The Morgan fingerprint density at radius 1 is 0.974 bits per heavy atom. The Kier molecular flexibility index (Phi) is 8.75. The molecule has 4 rings (SSSR count). The van der Waals surface area contributed by atoms with E-state index in [0.717, 1.165) is 28.8 Å². The summed E-state index contributed by atoms with van der Waals surface area (Å²) in [7, 11) is -4.61. The molecule has 3 aromatic rings. The van der Waals surface area contributed by atoms with E-state index in [1.54, 1.807) is 12.1 Å². The van der Waals surface area contributed by atoms with Crippen LogP contribution in [-0.2, 0) is 33.8 Å². The number of benzene rings is 3. The van der Waals surface area contributed by atoms with Gasteiger partial charge in [0.1, 0.15) is 0 Å². The van der Waals surface area contributed by atoms with Gasteiger partial charge in [0, 0.05) is 18.9 Å². The van der Waals surface area contributed by atoms with Crippen molar-refractivity contribution >= 4 is 15.9 Å². The van der Waals surface area contributed by atoms with Gasteiger partial charge in [0.2, 0.25) is 15.9 Å². The van der Waals surface area contributed by atoms with Gasteiger partial charge in [-0.25, -0.2) is 13.1 Å². The first-order chi connectivity index (χ1) is 18.5. The molecule has 0 aliphatic heterocycles. The van der Waals surface area contributed by atoms with E-state index in [4.69, 9.17) is 0 Å². The minimum atomic E-state index is -4.88. The maximum Gasteiger partial charge on any atom is 0.417 e. The summed E-state index contributed by atoms with van der Waals surface area (Å²) in [6.45, 7) is -0.595. The van der Waals surface area contributed by atoms with Gasteiger partial charge >= 0.3 is 6.18 Å². The van der Waals surface area contributed by atoms with Crippen molar-refractivity contribution in [3.63, 3.8) is 0 Å². The smallest absolute Gasteiger partial charge is 0.392 e. The summed E-state index contributed by atoms with van der Waals surface area (Å²) in [5.41, 5.74) is 1.21. The van der Waals surface area contributed by atoms with Gasteiger partial charge in [0.25, 0.3) is 0 Å². The van der Waals surface area contributed by atoms with Crippen LogP contribution < -0.4 is 10.0 Å². The average molecular weight is 563 g/mol. The number of hydrogen-bond donors (Lipinski definition) is 4. The van der Waals surface area contributed by atoms with Crippen LogP contribution in [0.2, 0.25) is 0 Å². The van der Waals surface area contributed by atoms with Crippen LogP contribution in [0.5, 0.6) is 0 Å². The lowest BCUT2D eigenvalue weighted by Crippen LogP contribution is -2.41. The van der Waals surface area contributed by atoms with Crippen molar-refractivity contribution in [2.24, 2.45) is 5.92 Å². The normalized spacial score (nSPS) is 18.8. The molecule has 39 heavy (non-hydrogen) atoms. The fourth-order valence-corrected chi connectivity index (χ4v) is 6.13. The zero-order valence-electron chi connectivity index (χ0n) is 20.8. The third-order valence-corrected chi connectivity index (χ3v) is 8.23. The highest BCUT2D eigenvalue weighted by molar-refractivity contribution is 7.89. The molecule has 4 atom stereocenters. The van der Waals surface area contributed by atoms with Gasteiger partial charge in [0.15, 0.2) is 0 Å². The third kappa shape index (κ3) is 7.04. The Labute approximate surface area is 224 Å². The lowest BCUT2D eigenvalue weighted by molar-refractivity contribution is -0.139. The van der Waals surface area contributed by atoms with E-state index in [-0.39, 0.29) is 12.8 Å². The monoisotopic (exact) mass is 562 g/mol. The standard InChI is InChI=1S/C28H29F3N2O5S/c29-28(30,31)23-12-6-7-13-25(23)39(37,38)32-17-21(34)15-20(14-18-8-2-1-3-9-18)27(36)33-26-22-11-5-4-10-19(22)16-24(26)35/h1-13,20-21,24,26,32,34-35H,14-17H2,(H,33,36)/t20-,21+,24-,26+/m1/s1. The third-order valence-electron chi connectivity index (χ3n) is 6.75. The summed E-state index contributed by atoms with van der Waals surface area (Å²) in [6.07, 6.45) is -6.65. The summed E-state index contributed by atoms with van der Waals surface area (Å²) in [5.74, 6) is -1.25. The molecule has 208 valence electrons. The average Bonchev–Trinajstić information content (AvgIpc) is 3.22. The molecule has 0 saturated carbocycles. The Balaban J connectivity index is 1.47. The number of amides is 1. The summed E-state index contributed by atoms with van der Waals surface area (Å²) >= 11 is 0. The molecular weight excluding hydrogens is 533 g/mol. The predicted molar refractivity (Wildman–Crippen MR) is 138 cm³/mol. The molecule has 0 saturated heterocycles. The number of fused-ring (bicyclic) bond motifs is 1. The molecule has 7 nitrogen and oxygen atoms in total. The Hall–Kier alpha value is -3.25. The van der Waals surface area contributed by atoms with Gasteiger partial charge in [-0.1, -0.05) is 66.7 Å². The molecule has 1 amide bonds. The van der Waals surface area contributed by atoms with Crippen molar-refractivity contribution < 1.29 is 36.6 Å². The van der Waals surface area contributed by atoms with Crippen LogP contribution in [0.3, 0.4) is 0 Å². The van der Waals surface area contributed by atoms with E-state index in [0.29, 0.717) is 12.5 Å². The minimum Gasteiger partial charge on any atom is -0.392 e. The molecule has 4 N–H and O–H groups in total. The molecule has 11 heteroatoms. The minimum absolute atomic E-state index is 0.172. The van der Waals surface area contributed by atoms with E-state index in [1.807, 2.05) is 47.2 Å². The van der Waals surface area contributed by atoms with Crippen LogP contribution in [0.4, 0.5) is 13.2 Å². The largest absolute Gasteiger partial charge is 0.417 e. The lowest BCUT2D eigenvalue weighted by atomic mass is 9.92. The first-order valence-corrected chi connectivity index (χ1v) is 13.9. The molecule has 0 spiro atoms. The fourth-order valence-electron chi connectivity index (χ4n) is 4.83. The van der Waals surface area contributed by atoms with Crippen LogP contribution in [0.1, 0.15) is 34.7 Å². The summed E-state index contributed by atoms with van der Waals surface area (Å²) in [5, 5.41) is 24.1. The van der Waals surface area contributed by atoms with Crippen molar-refractivity contribution in [3.8, 4) is 0 Å². The van der Waals surface area contributed by atoms with Gasteiger partial charge in [-0.3, -0.25) is 4.79 Å². The second kappa shape index (κ2) is 11.9. The number of rotatable bonds is 10. The molecule has 0 bridgehead atoms. The van der Waals surface area contributed by atoms with E-state index in [2.05, 4.69) is 5.32 Å². The SMILES string of the molecule is O=C(N[C@H]1c2ccccc2C[C@H]1O)[C@H](Cc1ccccc1)C[C@H](O)CNS(=O)(=O)c1ccccc1C(F)(F)F. The zero-order chi connectivity index (χ0) is 28.2. The number of sulfonamides is 1. The maximum absolute atomic E-state index is 13.4. The highest BCUT2D eigenvalue weighted by Gasteiger charge is 2.37. The molecule has 3 aromatic carbocycles. The van der Waals surface area contributed by atoms with Crippen LogP contribution in [0, 0.1) is 5.92 Å². The number of hydrogen-bond acceptors (Lipinski definition) is 5. The van der Waals surface area contributed by atoms with E-state index in [9.17, 15) is 36.6 Å². The topological polar surface area (TPSA) is 116 Å². The van der Waals surface area contributed by atoms with Crippen molar-refractivity contribution in [2.75, 3.05) is 6.54 Å². The van der Waals surface area contributed by atoms with Crippen LogP contribution >= 0.6 is 0 Å². The quantitative estimate of drug-likeness (QED) is 0.303. The molecular formula is C28H29F3N2O5S. The molecule has 1 aliphatic carbocycles. The first kappa shape index (κ1) is 28.8. The van der Waals surface area contributed by atoms with Crippen LogP contribution in [-0.4, -0.2) is 43.3 Å². The highest BCUT2D eigenvalue weighted by atomic mass is 32.2. The number of aliphatic hydroxyl groups excluding tert-OH is 2. The second-order valence-corrected chi connectivity index (χ2v) is 11.3. The van der Waals surface area contributed by atoms with Gasteiger partial charge in [-0.05, 0) is 41.7 Å². The van der Waals surface area contributed by atoms with E-state index >= 15 is 0 Å². The number of nitrogens with one attached hydrogen (secondary N) is 2. The number of aliphatic hydroxyl groups is 2. The number of carbonyl (C=O) groups is 1. The Morgan fingerprint density at radius 3 is 2.33 bits per heavy atom. The van der Waals surface area contributed by atoms with Crippen LogP contribution in [0.25, 0.3) is 0 Å². The summed E-state index contributed by atoms with van der Waals surface area (Å²) < 4.78 is 67.4. The fraction of sp³-hybridized carbons (Fsp3) is 0.321. The van der Waals surface area contributed by atoms with Crippen LogP contribution in [0.15, 0.2) is 83.8 Å². The Bertz CT molecular complexity index is 1400. The van der Waals surface area contributed by atoms with Gasteiger partial charge in [-0.15, -0.1) is 0 Å². The molecule has 0 aromatic heterocycles. The highest BCUT2D eigenvalue weighted by Crippen LogP contribution is 2.34. The predicted octanol–water partition coefficient (Wildman–Crippen LogP) is 3.37. The maximum atomic E-state index is 13.4. The van der Waals surface area contributed by atoms with Crippen molar-refractivity contribution in [2.45, 2.75) is 48.6 Å².